The SMILES string of the molecule is COc1ccccc1CC[C@@H]1C(C)=CCCC1(C)C. The molecule has 0 saturated heterocycles. The van der Waals surface area contributed by atoms with Gasteiger partial charge in [0.1, 0.15) is 5.75 Å². The molecule has 0 aromatic heterocycles. The highest BCUT2D eigenvalue weighted by Gasteiger charge is 2.32. The Morgan fingerprint density at radius 3 is 2.68 bits per heavy atom. The quantitative estimate of drug-likeness (QED) is 0.690. The third kappa shape index (κ3) is 3.20. The van der Waals surface area contributed by atoms with Gasteiger partial charge in [-0.25, -0.2) is 0 Å². The summed E-state index contributed by atoms with van der Waals surface area (Å²) >= 11 is 0. The molecule has 2 rings (SSSR count). The van der Waals surface area contributed by atoms with Crippen LogP contribution in [0.5, 0.6) is 5.75 Å². The van der Waals surface area contributed by atoms with Gasteiger partial charge in [-0.05, 0) is 55.6 Å². The Hall–Kier alpha value is -1.24. The van der Waals surface area contributed by atoms with Gasteiger partial charge in [0.05, 0.1) is 7.11 Å². The lowest BCUT2D eigenvalue weighted by Crippen LogP contribution is -2.28. The van der Waals surface area contributed by atoms with E-state index in [2.05, 4.69) is 45.0 Å². The van der Waals surface area contributed by atoms with E-state index < -0.39 is 0 Å². The van der Waals surface area contributed by atoms with Crippen molar-refractivity contribution in [3.05, 3.63) is 41.5 Å². The zero-order valence-corrected chi connectivity index (χ0v) is 12.7. The summed E-state index contributed by atoms with van der Waals surface area (Å²) < 4.78 is 5.45. The molecule has 104 valence electrons. The number of allylic oxidation sites excluding steroid dienone is 2. The fraction of sp³-hybridized carbons (Fsp3) is 0.556. The van der Waals surface area contributed by atoms with Crippen molar-refractivity contribution >= 4 is 0 Å². The van der Waals surface area contributed by atoms with Crippen LogP contribution in [0.3, 0.4) is 0 Å². The molecule has 0 bridgehead atoms. The second kappa shape index (κ2) is 5.81. The second-order valence-electron chi connectivity index (χ2n) is 6.38. The smallest absolute Gasteiger partial charge is 0.122 e. The molecule has 1 atom stereocenters. The van der Waals surface area contributed by atoms with Gasteiger partial charge in [-0.15, -0.1) is 0 Å². The van der Waals surface area contributed by atoms with Crippen LogP contribution < -0.4 is 4.74 Å². The minimum atomic E-state index is 0.431. The van der Waals surface area contributed by atoms with Crippen molar-refractivity contribution in [1.82, 2.24) is 0 Å². The van der Waals surface area contributed by atoms with Gasteiger partial charge >= 0.3 is 0 Å². The van der Waals surface area contributed by atoms with Gasteiger partial charge in [0.25, 0.3) is 0 Å². The average Bonchev–Trinajstić information content (AvgIpc) is 2.38. The number of hydrogen-bond acceptors (Lipinski definition) is 1. The molecule has 1 heteroatoms. The first-order chi connectivity index (χ1) is 9.04. The Morgan fingerprint density at radius 1 is 1.26 bits per heavy atom. The van der Waals surface area contributed by atoms with E-state index in [1.54, 1.807) is 12.7 Å². The molecule has 0 fully saturated rings. The summed E-state index contributed by atoms with van der Waals surface area (Å²) in [5, 5.41) is 0. The van der Waals surface area contributed by atoms with Crippen LogP contribution in [0.25, 0.3) is 0 Å². The lowest BCUT2D eigenvalue weighted by Gasteiger charge is -2.38. The fourth-order valence-corrected chi connectivity index (χ4v) is 3.43. The Bertz CT molecular complexity index is 457. The highest BCUT2D eigenvalue weighted by Crippen LogP contribution is 2.43. The third-order valence-corrected chi connectivity index (χ3v) is 4.64. The van der Waals surface area contributed by atoms with Crippen LogP contribution >= 0.6 is 0 Å². The predicted octanol–water partition coefficient (Wildman–Crippen LogP) is 5.01. The van der Waals surface area contributed by atoms with Crippen LogP contribution in [0.15, 0.2) is 35.9 Å². The van der Waals surface area contributed by atoms with Crippen LogP contribution in [-0.2, 0) is 6.42 Å². The Labute approximate surface area is 117 Å². The van der Waals surface area contributed by atoms with E-state index in [4.69, 9.17) is 4.74 Å². The molecule has 0 amide bonds. The first-order valence-electron chi connectivity index (χ1n) is 7.33. The van der Waals surface area contributed by atoms with E-state index >= 15 is 0 Å². The number of rotatable bonds is 4. The molecule has 1 aliphatic rings. The van der Waals surface area contributed by atoms with Crippen molar-refractivity contribution in [2.75, 3.05) is 7.11 Å². The normalized spacial score (nSPS) is 21.9. The van der Waals surface area contributed by atoms with E-state index in [1.165, 1.54) is 24.8 Å². The van der Waals surface area contributed by atoms with Gasteiger partial charge in [0.15, 0.2) is 0 Å². The van der Waals surface area contributed by atoms with E-state index in [1.807, 2.05) is 6.07 Å². The van der Waals surface area contributed by atoms with Gasteiger partial charge in [-0.2, -0.15) is 0 Å². The van der Waals surface area contributed by atoms with E-state index in [9.17, 15) is 0 Å². The maximum Gasteiger partial charge on any atom is 0.122 e. The van der Waals surface area contributed by atoms with Crippen molar-refractivity contribution in [3.63, 3.8) is 0 Å². The monoisotopic (exact) mass is 258 g/mol. The number of aryl methyl sites for hydroxylation is 1. The van der Waals surface area contributed by atoms with Crippen molar-refractivity contribution in [1.29, 1.82) is 0 Å². The van der Waals surface area contributed by atoms with Crippen molar-refractivity contribution in [2.24, 2.45) is 11.3 Å². The highest BCUT2D eigenvalue weighted by molar-refractivity contribution is 5.33. The minimum Gasteiger partial charge on any atom is -0.496 e. The minimum absolute atomic E-state index is 0.431. The molecule has 1 aromatic carbocycles. The molecule has 1 nitrogen and oxygen atoms in total. The lowest BCUT2D eigenvalue weighted by atomic mass is 9.67. The van der Waals surface area contributed by atoms with Crippen LogP contribution in [0.2, 0.25) is 0 Å². The first-order valence-corrected chi connectivity index (χ1v) is 7.33. The summed E-state index contributed by atoms with van der Waals surface area (Å²) in [6, 6.07) is 8.39. The molecule has 1 aromatic rings. The maximum absolute atomic E-state index is 5.45. The van der Waals surface area contributed by atoms with Gasteiger partial charge in [-0.3, -0.25) is 0 Å². The average molecular weight is 258 g/mol. The fourth-order valence-electron chi connectivity index (χ4n) is 3.43. The summed E-state index contributed by atoms with van der Waals surface area (Å²) in [4.78, 5) is 0. The molecule has 0 radical (unpaired) electrons. The van der Waals surface area contributed by atoms with Gasteiger partial charge in [-0.1, -0.05) is 43.7 Å². The molecular weight excluding hydrogens is 232 g/mol. The molecule has 0 aliphatic heterocycles. The molecule has 0 N–H and O–H groups in total. The Kier molecular flexibility index (Phi) is 4.34. The van der Waals surface area contributed by atoms with E-state index in [-0.39, 0.29) is 0 Å². The largest absolute Gasteiger partial charge is 0.496 e. The standard InChI is InChI=1S/C18H26O/c1-14-8-7-13-18(2,3)16(14)12-11-15-9-5-6-10-17(15)19-4/h5-6,8-10,16H,7,11-13H2,1-4H3/t16-/m1/s1. The van der Waals surface area contributed by atoms with Gasteiger partial charge < -0.3 is 4.74 Å². The molecule has 0 saturated carbocycles. The maximum atomic E-state index is 5.45. The molecule has 19 heavy (non-hydrogen) atoms. The molecule has 0 heterocycles. The first kappa shape index (κ1) is 14.2. The third-order valence-electron chi connectivity index (χ3n) is 4.64. The van der Waals surface area contributed by atoms with Crippen LogP contribution in [-0.4, -0.2) is 7.11 Å². The van der Waals surface area contributed by atoms with Crippen LogP contribution in [0, 0.1) is 11.3 Å². The van der Waals surface area contributed by atoms with E-state index in [0.29, 0.717) is 11.3 Å². The van der Waals surface area contributed by atoms with Gasteiger partial charge in [0, 0.05) is 0 Å². The molecule has 1 aliphatic carbocycles. The number of methoxy groups -OCH3 is 1. The second-order valence-corrected chi connectivity index (χ2v) is 6.38. The number of para-hydroxylation sites is 1. The van der Waals surface area contributed by atoms with Crippen molar-refractivity contribution in [3.8, 4) is 5.75 Å². The number of hydrogen-bond donors (Lipinski definition) is 0. The summed E-state index contributed by atoms with van der Waals surface area (Å²) in [6.45, 7) is 7.13. The number of ether oxygens (including phenoxy) is 1. The topological polar surface area (TPSA) is 9.23 Å². The summed E-state index contributed by atoms with van der Waals surface area (Å²) in [5.74, 6) is 1.73. The predicted molar refractivity (Wildman–Crippen MR) is 81.6 cm³/mol. The highest BCUT2D eigenvalue weighted by atomic mass is 16.5. The Morgan fingerprint density at radius 2 is 2.00 bits per heavy atom. The molecule has 0 spiro atoms. The van der Waals surface area contributed by atoms with E-state index in [0.717, 1.165) is 12.2 Å². The van der Waals surface area contributed by atoms with Gasteiger partial charge in [0.2, 0.25) is 0 Å². The molecular formula is C18H26O. The number of benzene rings is 1. The summed E-state index contributed by atoms with van der Waals surface area (Å²) in [6.07, 6.45) is 7.29. The molecule has 0 unspecified atom stereocenters. The van der Waals surface area contributed by atoms with Crippen molar-refractivity contribution in [2.45, 2.75) is 46.5 Å². The lowest BCUT2D eigenvalue weighted by molar-refractivity contribution is 0.204. The zero-order valence-electron chi connectivity index (χ0n) is 12.7. The zero-order chi connectivity index (χ0) is 13.9. The van der Waals surface area contributed by atoms with Crippen LogP contribution in [0.4, 0.5) is 0 Å². The Balaban J connectivity index is 2.09. The van der Waals surface area contributed by atoms with Crippen LogP contribution in [0.1, 0.15) is 45.6 Å². The summed E-state index contributed by atoms with van der Waals surface area (Å²) in [5.41, 5.74) is 3.34. The summed E-state index contributed by atoms with van der Waals surface area (Å²) in [7, 11) is 1.76. The van der Waals surface area contributed by atoms with Crippen molar-refractivity contribution < 1.29 is 4.74 Å².